The summed E-state index contributed by atoms with van der Waals surface area (Å²) in [6, 6.07) is 0.256. The molecule has 6 heteroatoms. The lowest BCUT2D eigenvalue weighted by Crippen LogP contribution is -2.46. The Kier molecular flexibility index (Phi) is 4.43. The molecule has 2 rings (SSSR count). The van der Waals surface area contributed by atoms with Crippen molar-refractivity contribution >= 4 is 6.09 Å². The van der Waals surface area contributed by atoms with E-state index in [-0.39, 0.29) is 18.2 Å². The molecule has 0 aromatic heterocycles. The fraction of sp³-hybridized carbons (Fsp3) is 0.929. The molecule has 0 bridgehead atoms. The normalized spacial score (nSPS) is 29.6. The van der Waals surface area contributed by atoms with E-state index in [1.54, 1.807) is 0 Å². The van der Waals surface area contributed by atoms with E-state index in [0.29, 0.717) is 12.5 Å². The molecule has 2 fully saturated rings. The van der Waals surface area contributed by atoms with E-state index in [0.717, 1.165) is 25.7 Å². The standard InChI is InChI=1S/C14H24N4O2/c1-14(2,3)20-13(19)18-11(9-16-17-15)8-10-6-4-5-7-12(10)18/h10-12H,4-9H2,1-3H3/t10-,11-,12-/m0/s1. The van der Waals surface area contributed by atoms with Crippen LogP contribution in [-0.2, 0) is 4.74 Å². The van der Waals surface area contributed by atoms with E-state index in [1.807, 2.05) is 25.7 Å². The molecule has 1 heterocycles. The zero-order valence-electron chi connectivity index (χ0n) is 12.6. The predicted molar refractivity (Wildman–Crippen MR) is 76.2 cm³/mol. The summed E-state index contributed by atoms with van der Waals surface area (Å²) in [6.07, 6.45) is 5.27. The summed E-state index contributed by atoms with van der Waals surface area (Å²) in [5, 5.41) is 3.67. The Morgan fingerprint density at radius 2 is 2.10 bits per heavy atom. The van der Waals surface area contributed by atoms with E-state index in [4.69, 9.17) is 10.3 Å². The number of ether oxygens (including phenoxy) is 1. The largest absolute Gasteiger partial charge is 0.444 e. The molecule has 1 saturated heterocycles. The molecule has 2 aliphatic rings. The van der Waals surface area contributed by atoms with Crippen molar-refractivity contribution in [1.82, 2.24) is 4.90 Å². The molecule has 20 heavy (non-hydrogen) atoms. The zero-order valence-corrected chi connectivity index (χ0v) is 12.6. The predicted octanol–water partition coefficient (Wildman–Crippen LogP) is 3.86. The van der Waals surface area contributed by atoms with Gasteiger partial charge in [-0.05, 0) is 51.5 Å². The van der Waals surface area contributed by atoms with Crippen LogP contribution in [0, 0.1) is 5.92 Å². The second kappa shape index (κ2) is 5.92. The Hall–Kier alpha value is -1.42. The number of hydrogen-bond acceptors (Lipinski definition) is 3. The van der Waals surface area contributed by atoms with Gasteiger partial charge in [-0.15, -0.1) is 0 Å². The van der Waals surface area contributed by atoms with Crippen LogP contribution in [0.4, 0.5) is 4.79 Å². The van der Waals surface area contributed by atoms with Crippen LogP contribution in [-0.4, -0.2) is 35.2 Å². The molecule has 1 amide bonds. The fourth-order valence-electron chi connectivity index (χ4n) is 3.46. The Bertz CT molecular complexity index is 412. The van der Waals surface area contributed by atoms with Gasteiger partial charge in [-0.25, -0.2) is 4.79 Å². The smallest absolute Gasteiger partial charge is 0.410 e. The Balaban J connectivity index is 2.14. The third kappa shape index (κ3) is 3.37. The number of azide groups is 1. The van der Waals surface area contributed by atoms with Gasteiger partial charge >= 0.3 is 6.09 Å². The van der Waals surface area contributed by atoms with Gasteiger partial charge in [0.15, 0.2) is 0 Å². The van der Waals surface area contributed by atoms with Crippen molar-refractivity contribution in [2.75, 3.05) is 6.54 Å². The van der Waals surface area contributed by atoms with Crippen LogP contribution >= 0.6 is 0 Å². The summed E-state index contributed by atoms with van der Waals surface area (Å²) in [5.74, 6) is 0.537. The van der Waals surface area contributed by atoms with Gasteiger partial charge in [-0.1, -0.05) is 18.0 Å². The first-order chi connectivity index (χ1) is 9.42. The summed E-state index contributed by atoms with van der Waals surface area (Å²) in [6.45, 7) is 5.98. The lowest BCUT2D eigenvalue weighted by Gasteiger charge is -2.35. The molecule has 0 unspecified atom stereocenters. The van der Waals surface area contributed by atoms with E-state index in [2.05, 4.69) is 10.0 Å². The van der Waals surface area contributed by atoms with Gasteiger partial charge in [0.2, 0.25) is 0 Å². The lowest BCUT2D eigenvalue weighted by molar-refractivity contribution is 0.0111. The fourth-order valence-corrected chi connectivity index (χ4v) is 3.46. The Morgan fingerprint density at radius 1 is 1.40 bits per heavy atom. The van der Waals surface area contributed by atoms with Crippen LogP contribution in [0.2, 0.25) is 0 Å². The second-order valence-electron chi connectivity index (χ2n) is 6.80. The van der Waals surface area contributed by atoms with Crippen molar-refractivity contribution in [3.05, 3.63) is 10.4 Å². The third-order valence-corrected chi connectivity index (χ3v) is 4.15. The molecule has 1 aliphatic carbocycles. The number of rotatable bonds is 2. The zero-order chi connectivity index (χ0) is 14.8. The maximum absolute atomic E-state index is 12.5. The molecule has 6 nitrogen and oxygen atoms in total. The summed E-state index contributed by atoms with van der Waals surface area (Å²) in [5.41, 5.74) is 8.03. The quantitative estimate of drug-likeness (QED) is 0.437. The van der Waals surface area contributed by atoms with E-state index in [1.165, 1.54) is 6.42 Å². The Labute approximate surface area is 120 Å². The molecule has 0 radical (unpaired) electrons. The molecule has 0 aromatic rings. The molecular weight excluding hydrogens is 256 g/mol. The summed E-state index contributed by atoms with van der Waals surface area (Å²) >= 11 is 0. The topological polar surface area (TPSA) is 78.3 Å². The number of nitrogens with zero attached hydrogens (tertiary/aromatic N) is 4. The molecule has 1 saturated carbocycles. The molecule has 112 valence electrons. The lowest BCUT2D eigenvalue weighted by atomic mass is 9.85. The highest BCUT2D eigenvalue weighted by Gasteiger charge is 2.45. The summed E-state index contributed by atoms with van der Waals surface area (Å²) < 4.78 is 5.53. The number of likely N-dealkylation sites (tertiary alicyclic amines) is 1. The summed E-state index contributed by atoms with van der Waals surface area (Å²) in [4.78, 5) is 17.1. The Morgan fingerprint density at radius 3 is 2.75 bits per heavy atom. The van der Waals surface area contributed by atoms with Gasteiger partial charge in [0, 0.05) is 23.5 Å². The average Bonchev–Trinajstić information content (AvgIpc) is 2.72. The van der Waals surface area contributed by atoms with Crippen molar-refractivity contribution in [3.8, 4) is 0 Å². The van der Waals surface area contributed by atoms with Crippen LogP contribution in [0.15, 0.2) is 5.11 Å². The average molecular weight is 280 g/mol. The van der Waals surface area contributed by atoms with Crippen LogP contribution in [0.5, 0.6) is 0 Å². The highest BCUT2D eigenvalue weighted by atomic mass is 16.6. The maximum Gasteiger partial charge on any atom is 0.410 e. The van der Waals surface area contributed by atoms with Gasteiger partial charge < -0.3 is 9.64 Å². The number of carbonyl (C=O) groups is 1. The number of hydrogen-bond donors (Lipinski definition) is 0. The molecule has 0 spiro atoms. The van der Waals surface area contributed by atoms with Crippen LogP contribution in [0.25, 0.3) is 10.4 Å². The van der Waals surface area contributed by atoms with Crippen LogP contribution in [0.3, 0.4) is 0 Å². The monoisotopic (exact) mass is 280 g/mol. The van der Waals surface area contributed by atoms with Gasteiger partial charge in [0.1, 0.15) is 5.60 Å². The van der Waals surface area contributed by atoms with E-state index < -0.39 is 5.60 Å². The molecular formula is C14H24N4O2. The highest BCUT2D eigenvalue weighted by molar-refractivity contribution is 5.69. The van der Waals surface area contributed by atoms with Crippen molar-refractivity contribution in [2.24, 2.45) is 11.0 Å². The van der Waals surface area contributed by atoms with E-state index >= 15 is 0 Å². The molecule has 3 atom stereocenters. The molecule has 1 aliphatic heterocycles. The number of fused-ring (bicyclic) bond motifs is 1. The molecule has 0 N–H and O–H groups in total. The third-order valence-electron chi connectivity index (χ3n) is 4.15. The van der Waals surface area contributed by atoms with Crippen LogP contribution < -0.4 is 0 Å². The van der Waals surface area contributed by atoms with Crippen LogP contribution in [0.1, 0.15) is 52.9 Å². The van der Waals surface area contributed by atoms with Crippen molar-refractivity contribution < 1.29 is 9.53 Å². The van der Waals surface area contributed by atoms with Gasteiger partial charge in [0.05, 0.1) is 0 Å². The first-order valence-corrected chi connectivity index (χ1v) is 7.44. The first-order valence-electron chi connectivity index (χ1n) is 7.44. The van der Waals surface area contributed by atoms with E-state index in [9.17, 15) is 4.79 Å². The van der Waals surface area contributed by atoms with Crippen molar-refractivity contribution in [3.63, 3.8) is 0 Å². The minimum atomic E-state index is -0.493. The number of amides is 1. The highest BCUT2D eigenvalue weighted by Crippen LogP contribution is 2.40. The van der Waals surface area contributed by atoms with Gasteiger partial charge in [-0.2, -0.15) is 0 Å². The second-order valence-corrected chi connectivity index (χ2v) is 6.80. The summed E-state index contributed by atoms with van der Waals surface area (Å²) in [7, 11) is 0. The number of carbonyl (C=O) groups excluding carboxylic acids is 1. The minimum absolute atomic E-state index is 0.00569. The van der Waals surface area contributed by atoms with Crippen molar-refractivity contribution in [1.29, 1.82) is 0 Å². The maximum atomic E-state index is 12.5. The van der Waals surface area contributed by atoms with Crippen molar-refractivity contribution in [2.45, 2.75) is 70.6 Å². The molecule has 0 aromatic carbocycles. The SMILES string of the molecule is CC(C)(C)OC(=O)N1[C@H](CN=[N+]=[N-])C[C@@H]2CCCC[C@@H]21. The van der Waals surface area contributed by atoms with Gasteiger partial charge in [0.25, 0.3) is 0 Å². The van der Waals surface area contributed by atoms with Gasteiger partial charge in [-0.3, -0.25) is 0 Å². The first kappa shape index (κ1) is 15.0. The minimum Gasteiger partial charge on any atom is -0.444 e.